The van der Waals surface area contributed by atoms with Gasteiger partial charge < -0.3 is 16.2 Å². The van der Waals surface area contributed by atoms with E-state index in [4.69, 9.17) is 5.73 Å². The summed E-state index contributed by atoms with van der Waals surface area (Å²) in [6, 6.07) is 6.40. The Bertz CT molecular complexity index is 641. The number of anilines is 2. The zero-order valence-electron chi connectivity index (χ0n) is 11.7. The van der Waals surface area contributed by atoms with E-state index in [1.165, 1.54) is 12.1 Å². The highest BCUT2D eigenvalue weighted by Crippen LogP contribution is 2.26. The normalized spacial score (nSPS) is 11.3. The Morgan fingerprint density at radius 1 is 1.40 bits per heavy atom. The molecular weight excluding hydrogens is 256 g/mol. The first-order valence-corrected chi connectivity index (χ1v) is 6.23. The van der Waals surface area contributed by atoms with E-state index in [2.05, 4.69) is 15.5 Å². The van der Waals surface area contributed by atoms with Crippen molar-refractivity contribution in [2.24, 2.45) is 0 Å². The minimum Gasteiger partial charge on any atom is -0.505 e. The number of amides is 1. The Kier molecular flexibility index (Phi) is 3.40. The second-order valence-electron chi connectivity index (χ2n) is 5.61. The number of aromatic amines is 1. The van der Waals surface area contributed by atoms with Crippen molar-refractivity contribution in [3.8, 4) is 5.75 Å². The van der Waals surface area contributed by atoms with E-state index in [9.17, 15) is 9.90 Å². The van der Waals surface area contributed by atoms with E-state index in [0.717, 1.165) is 5.69 Å². The maximum Gasteiger partial charge on any atom is 0.260 e. The number of nitrogens with one attached hydrogen (secondary N) is 2. The number of nitrogens with two attached hydrogens (primary N) is 1. The van der Waals surface area contributed by atoms with Gasteiger partial charge in [0.25, 0.3) is 5.91 Å². The van der Waals surface area contributed by atoms with Crippen LogP contribution in [0.1, 0.15) is 36.8 Å². The fraction of sp³-hybridized carbons (Fsp3) is 0.286. The molecule has 1 aromatic carbocycles. The fourth-order valence-electron chi connectivity index (χ4n) is 1.70. The molecule has 0 aliphatic rings. The van der Waals surface area contributed by atoms with Crippen LogP contribution >= 0.6 is 0 Å². The molecule has 0 aliphatic carbocycles. The molecule has 2 aromatic rings. The monoisotopic (exact) mass is 274 g/mol. The standard InChI is InChI=1S/C14H18N4O2/c1-14(2,3)10-7-11(18-17-10)16-13(20)8-5-4-6-9(15)12(8)19/h4-7,19H,15H2,1-3H3,(H2,16,17,18,20). The number of benzene rings is 1. The zero-order valence-corrected chi connectivity index (χ0v) is 11.7. The van der Waals surface area contributed by atoms with Crippen LogP contribution in [0.25, 0.3) is 0 Å². The quantitative estimate of drug-likeness (QED) is 0.498. The molecule has 0 saturated heterocycles. The van der Waals surface area contributed by atoms with E-state index in [1.54, 1.807) is 12.1 Å². The number of aromatic nitrogens is 2. The summed E-state index contributed by atoms with van der Waals surface area (Å²) in [7, 11) is 0. The summed E-state index contributed by atoms with van der Waals surface area (Å²) in [6.07, 6.45) is 0. The second kappa shape index (κ2) is 4.88. The molecule has 0 fully saturated rings. The Hall–Kier alpha value is -2.50. The number of rotatable bonds is 2. The summed E-state index contributed by atoms with van der Waals surface area (Å²) in [5.41, 5.74) is 6.66. The molecule has 0 unspecified atom stereocenters. The summed E-state index contributed by atoms with van der Waals surface area (Å²) in [5, 5.41) is 19.3. The first kappa shape index (κ1) is 13.9. The molecule has 6 nitrogen and oxygen atoms in total. The predicted octanol–water partition coefficient (Wildman–Crippen LogP) is 2.25. The van der Waals surface area contributed by atoms with Crippen molar-refractivity contribution in [1.29, 1.82) is 0 Å². The van der Waals surface area contributed by atoms with Gasteiger partial charge in [-0.15, -0.1) is 0 Å². The molecule has 0 aliphatic heterocycles. The van der Waals surface area contributed by atoms with Gasteiger partial charge in [-0.3, -0.25) is 9.89 Å². The third-order valence-corrected chi connectivity index (χ3v) is 2.94. The topological polar surface area (TPSA) is 104 Å². The number of carbonyl (C=O) groups is 1. The average Bonchev–Trinajstić information content (AvgIpc) is 2.81. The molecule has 1 heterocycles. The van der Waals surface area contributed by atoms with Gasteiger partial charge in [-0.2, -0.15) is 5.10 Å². The van der Waals surface area contributed by atoms with Gasteiger partial charge in [0.1, 0.15) is 0 Å². The van der Waals surface area contributed by atoms with Gasteiger partial charge in [-0.05, 0) is 12.1 Å². The Labute approximate surface area is 117 Å². The Morgan fingerprint density at radius 2 is 2.10 bits per heavy atom. The Morgan fingerprint density at radius 3 is 2.70 bits per heavy atom. The van der Waals surface area contributed by atoms with Crippen LogP contribution in [0, 0.1) is 0 Å². The lowest BCUT2D eigenvalue weighted by molar-refractivity contribution is 0.102. The van der Waals surface area contributed by atoms with Crippen LogP contribution in [-0.2, 0) is 5.41 Å². The number of H-pyrrole nitrogens is 1. The summed E-state index contributed by atoms with van der Waals surface area (Å²) in [5.74, 6) is -0.278. The van der Waals surface area contributed by atoms with Gasteiger partial charge >= 0.3 is 0 Å². The van der Waals surface area contributed by atoms with Crippen LogP contribution in [0.2, 0.25) is 0 Å². The number of nitrogens with zero attached hydrogens (tertiary/aromatic N) is 1. The lowest BCUT2D eigenvalue weighted by Crippen LogP contribution is -2.13. The molecule has 6 heteroatoms. The van der Waals surface area contributed by atoms with E-state index in [0.29, 0.717) is 5.82 Å². The lowest BCUT2D eigenvalue weighted by Gasteiger charge is -2.14. The largest absolute Gasteiger partial charge is 0.505 e. The molecular formula is C14H18N4O2. The minimum absolute atomic E-state index is 0.0880. The fourth-order valence-corrected chi connectivity index (χ4v) is 1.70. The molecule has 1 aromatic heterocycles. The second-order valence-corrected chi connectivity index (χ2v) is 5.61. The molecule has 0 atom stereocenters. The van der Waals surface area contributed by atoms with Gasteiger partial charge in [0, 0.05) is 17.2 Å². The van der Waals surface area contributed by atoms with Gasteiger partial charge in [0.15, 0.2) is 11.6 Å². The van der Waals surface area contributed by atoms with E-state index >= 15 is 0 Å². The minimum atomic E-state index is -0.457. The summed E-state index contributed by atoms with van der Waals surface area (Å²) in [6.45, 7) is 6.11. The average molecular weight is 274 g/mol. The molecule has 1 amide bonds. The first-order valence-electron chi connectivity index (χ1n) is 6.23. The predicted molar refractivity (Wildman–Crippen MR) is 77.8 cm³/mol. The molecule has 106 valence electrons. The van der Waals surface area contributed by atoms with Crippen molar-refractivity contribution < 1.29 is 9.90 Å². The number of phenols is 1. The molecule has 5 N–H and O–H groups in total. The molecule has 0 saturated carbocycles. The van der Waals surface area contributed by atoms with Crippen molar-refractivity contribution in [2.75, 3.05) is 11.1 Å². The summed E-state index contributed by atoms with van der Waals surface area (Å²) in [4.78, 5) is 12.1. The van der Waals surface area contributed by atoms with E-state index in [-0.39, 0.29) is 22.4 Å². The highest BCUT2D eigenvalue weighted by molar-refractivity contribution is 6.06. The molecule has 0 radical (unpaired) electrons. The first-order chi connectivity index (χ1) is 9.29. The van der Waals surface area contributed by atoms with Crippen molar-refractivity contribution >= 4 is 17.4 Å². The third-order valence-electron chi connectivity index (χ3n) is 2.94. The number of aromatic hydroxyl groups is 1. The van der Waals surface area contributed by atoms with Crippen LogP contribution < -0.4 is 11.1 Å². The smallest absolute Gasteiger partial charge is 0.260 e. The Balaban J connectivity index is 2.20. The van der Waals surface area contributed by atoms with Gasteiger partial charge in [0.2, 0.25) is 0 Å². The van der Waals surface area contributed by atoms with Crippen LogP contribution in [0.15, 0.2) is 24.3 Å². The maximum absolute atomic E-state index is 12.1. The van der Waals surface area contributed by atoms with Crippen LogP contribution in [-0.4, -0.2) is 21.2 Å². The summed E-state index contributed by atoms with van der Waals surface area (Å²) >= 11 is 0. The van der Waals surface area contributed by atoms with E-state index in [1.807, 2.05) is 20.8 Å². The summed E-state index contributed by atoms with van der Waals surface area (Å²) < 4.78 is 0. The molecule has 0 bridgehead atoms. The number of phenolic OH excluding ortho intramolecular Hbond substituents is 1. The van der Waals surface area contributed by atoms with Crippen molar-refractivity contribution in [1.82, 2.24) is 10.2 Å². The molecule has 2 rings (SSSR count). The molecule has 20 heavy (non-hydrogen) atoms. The number of hydrogen-bond donors (Lipinski definition) is 4. The van der Waals surface area contributed by atoms with Crippen molar-refractivity contribution in [3.05, 3.63) is 35.5 Å². The highest BCUT2D eigenvalue weighted by Gasteiger charge is 2.19. The van der Waals surface area contributed by atoms with Gasteiger partial charge in [0.05, 0.1) is 11.3 Å². The maximum atomic E-state index is 12.1. The SMILES string of the molecule is CC(C)(C)c1cc(NC(=O)c2cccc(N)c2O)n[nH]1. The van der Waals surface area contributed by atoms with Gasteiger partial charge in [-0.25, -0.2) is 0 Å². The van der Waals surface area contributed by atoms with Crippen LogP contribution in [0.5, 0.6) is 5.75 Å². The van der Waals surface area contributed by atoms with Crippen molar-refractivity contribution in [3.63, 3.8) is 0 Å². The number of hydrogen-bond acceptors (Lipinski definition) is 4. The van der Waals surface area contributed by atoms with Crippen LogP contribution in [0.4, 0.5) is 11.5 Å². The zero-order chi connectivity index (χ0) is 14.9. The van der Waals surface area contributed by atoms with Gasteiger partial charge in [-0.1, -0.05) is 26.8 Å². The van der Waals surface area contributed by atoms with Crippen molar-refractivity contribution in [2.45, 2.75) is 26.2 Å². The highest BCUT2D eigenvalue weighted by atomic mass is 16.3. The number of carbonyl (C=O) groups excluding carboxylic acids is 1. The number of para-hydroxylation sites is 1. The number of nitrogen functional groups attached to an aromatic ring is 1. The van der Waals surface area contributed by atoms with Crippen LogP contribution in [0.3, 0.4) is 0 Å². The lowest BCUT2D eigenvalue weighted by atomic mass is 9.92. The molecule has 0 spiro atoms. The van der Waals surface area contributed by atoms with E-state index < -0.39 is 5.91 Å². The third kappa shape index (κ3) is 2.74.